The molecule has 6 heteroatoms. The Morgan fingerprint density at radius 2 is 2.31 bits per heavy atom. The first-order valence-corrected chi connectivity index (χ1v) is 7.15. The molecule has 0 radical (unpaired) electrons. The smallest absolute Gasteiger partial charge is 0.159 e. The standard InChI is InChI=1S/C10H12ClN3S2/c1-2-4-12-6-8-13-14-10(16-8)9-7(11)3-5-15-9/h3,5,12H,2,4,6H2,1H3. The minimum Gasteiger partial charge on any atom is -0.310 e. The van der Waals surface area contributed by atoms with Gasteiger partial charge in [0.2, 0.25) is 0 Å². The summed E-state index contributed by atoms with van der Waals surface area (Å²) in [5, 5.41) is 16.2. The van der Waals surface area contributed by atoms with E-state index in [1.807, 2.05) is 11.4 Å². The van der Waals surface area contributed by atoms with E-state index < -0.39 is 0 Å². The van der Waals surface area contributed by atoms with Crippen LogP contribution < -0.4 is 5.32 Å². The van der Waals surface area contributed by atoms with Crippen molar-refractivity contribution >= 4 is 34.3 Å². The van der Waals surface area contributed by atoms with E-state index in [0.29, 0.717) is 0 Å². The molecule has 2 rings (SSSR count). The molecule has 2 heterocycles. The van der Waals surface area contributed by atoms with E-state index in [1.165, 1.54) is 0 Å². The SMILES string of the molecule is CCCNCc1nnc(-c2sccc2Cl)s1. The molecule has 2 aromatic heterocycles. The Morgan fingerprint density at radius 3 is 3.00 bits per heavy atom. The molecular weight excluding hydrogens is 262 g/mol. The molecule has 0 fully saturated rings. The van der Waals surface area contributed by atoms with Crippen molar-refractivity contribution in [2.75, 3.05) is 6.54 Å². The number of aromatic nitrogens is 2. The second kappa shape index (κ2) is 5.72. The van der Waals surface area contributed by atoms with Crippen LogP contribution in [0.25, 0.3) is 9.88 Å². The summed E-state index contributed by atoms with van der Waals surface area (Å²) in [7, 11) is 0. The largest absolute Gasteiger partial charge is 0.310 e. The molecule has 0 saturated heterocycles. The number of rotatable bonds is 5. The molecule has 0 amide bonds. The van der Waals surface area contributed by atoms with Crippen LogP contribution in [-0.4, -0.2) is 16.7 Å². The molecule has 0 bridgehead atoms. The Balaban J connectivity index is 2.05. The predicted molar refractivity (Wildman–Crippen MR) is 70.2 cm³/mol. The summed E-state index contributed by atoms with van der Waals surface area (Å²) < 4.78 is 0. The molecule has 86 valence electrons. The normalized spacial score (nSPS) is 10.9. The first-order chi connectivity index (χ1) is 7.81. The van der Waals surface area contributed by atoms with Gasteiger partial charge < -0.3 is 5.32 Å². The molecular formula is C10H12ClN3S2. The van der Waals surface area contributed by atoms with Crippen LogP contribution in [0.15, 0.2) is 11.4 Å². The summed E-state index contributed by atoms with van der Waals surface area (Å²) in [6.45, 7) is 3.94. The fourth-order valence-electron chi connectivity index (χ4n) is 1.24. The Bertz CT molecular complexity index is 452. The maximum Gasteiger partial charge on any atom is 0.159 e. The van der Waals surface area contributed by atoms with Crippen LogP contribution in [0, 0.1) is 0 Å². The lowest BCUT2D eigenvalue weighted by molar-refractivity contribution is 0.668. The van der Waals surface area contributed by atoms with Gasteiger partial charge in [0.25, 0.3) is 0 Å². The van der Waals surface area contributed by atoms with E-state index in [9.17, 15) is 0 Å². The molecule has 16 heavy (non-hydrogen) atoms. The molecule has 0 spiro atoms. The Hall–Kier alpha value is -0.490. The maximum absolute atomic E-state index is 6.04. The van der Waals surface area contributed by atoms with Crippen LogP contribution in [0.3, 0.4) is 0 Å². The zero-order valence-corrected chi connectivity index (χ0v) is 11.3. The lowest BCUT2D eigenvalue weighted by Gasteiger charge is -1.96. The number of hydrogen-bond acceptors (Lipinski definition) is 5. The van der Waals surface area contributed by atoms with Crippen LogP contribution in [-0.2, 0) is 6.54 Å². The molecule has 0 saturated carbocycles. The van der Waals surface area contributed by atoms with E-state index in [-0.39, 0.29) is 0 Å². The maximum atomic E-state index is 6.04. The Kier molecular flexibility index (Phi) is 4.29. The second-order valence-corrected chi connectivity index (χ2v) is 5.66. The van der Waals surface area contributed by atoms with Gasteiger partial charge in [-0.2, -0.15) is 0 Å². The fourth-order valence-corrected chi connectivity index (χ4v) is 3.35. The molecule has 0 aliphatic rings. The van der Waals surface area contributed by atoms with Gasteiger partial charge in [0.1, 0.15) is 5.01 Å². The fraction of sp³-hybridized carbons (Fsp3) is 0.400. The average Bonchev–Trinajstić information content (AvgIpc) is 2.87. The summed E-state index contributed by atoms with van der Waals surface area (Å²) in [5.74, 6) is 0. The highest BCUT2D eigenvalue weighted by molar-refractivity contribution is 7.21. The van der Waals surface area contributed by atoms with Crippen molar-refractivity contribution in [3.8, 4) is 9.88 Å². The van der Waals surface area contributed by atoms with E-state index in [2.05, 4.69) is 22.4 Å². The van der Waals surface area contributed by atoms with Crippen LogP contribution in [0.2, 0.25) is 5.02 Å². The second-order valence-electron chi connectivity index (χ2n) is 3.28. The molecule has 0 aliphatic heterocycles. The van der Waals surface area contributed by atoms with Crippen molar-refractivity contribution in [2.45, 2.75) is 19.9 Å². The third kappa shape index (κ3) is 2.79. The van der Waals surface area contributed by atoms with E-state index in [4.69, 9.17) is 11.6 Å². The Morgan fingerprint density at radius 1 is 1.44 bits per heavy atom. The van der Waals surface area contributed by atoms with Crippen molar-refractivity contribution in [3.05, 3.63) is 21.5 Å². The zero-order valence-electron chi connectivity index (χ0n) is 8.86. The first kappa shape index (κ1) is 12.0. The van der Waals surface area contributed by atoms with Crippen molar-refractivity contribution in [1.29, 1.82) is 0 Å². The van der Waals surface area contributed by atoms with Crippen molar-refractivity contribution in [2.24, 2.45) is 0 Å². The Labute approximate surface area is 107 Å². The van der Waals surface area contributed by atoms with E-state index >= 15 is 0 Å². The predicted octanol–water partition coefficient (Wildman–Crippen LogP) is 3.42. The summed E-state index contributed by atoms with van der Waals surface area (Å²) in [6.07, 6.45) is 1.13. The van der Waals surface area contributed by atoms with Crippen LogP contribution in [0.5, 0.6) is 0 Å². The molecule has 0 aromatic carbocycles. The summed E-state index contributed by atoms with van der Waals surface area (Å²) >= 11 is 9.24. The summed E-state index contributed by atoms with van der Waals surface area (Å²) in [6, 6.07) is 1.89. The topological polar surface area (TPSA) is 37.8 Å². The number of halogens is 1. The van der Waals surface area contributed by atoms with Gasteiger partial charge in [-0.05, 0) is 24.4 Å². The monoisotopic (exact) mass is 273 g/mol. The number of nitrogens with one attached hydrogen (secondary N) is 1. The molecule has 2 aromatic rings. The third-order valence-corrected chi connectivity index (χ3v) is 4.40. The average molecular weight is 274 g/mol. The van der Waals surface area contributed by atoms with Crippen LogP contribution in [0.4, 0.5) is 0 Å². The summed E-state index contributed by atoms with van der Waals surface area (Å²) in [5.41, 5.74) is 0. The molecule has 0 atom stereocenters. The molecule has 3 nitrogen and oxygen atoms in total. The third-order valence-electron chi connectivity index (χ3n) is 1.98. The van der Waals surface area contributed by atoms with Gasteiger partial charge in [-0.3, -0.25) is 0 Å². The van der Waals surface area contributed by atoms with Gasteiger partial charge in [-0.25, -0.2) is 0 Å². The van der Waals surface area contributed by atoms with Crippen LogP contribution >= 0.6 is 34.3 Å². The lowest BCUT2D eigenvalue weighted by atomic mass is 10.5. The minimum atomic E-state index is 0.759. The molecule has 0 unspecified atom stereocenters. The van der Waals surface area contributed by atoms with Gasteiger partial charge in [0, 0.05) is 6.54 Å². The van der Waals surface area contributed by atoms with Crippen molar-refractivity contribution in [1.82, 2.24) is 15.5 Å². The quantitative estimate of drug-likeness (QED) is 0.849. The number of hydrogen-bond donors (Lipinski definition) is 1. The van der Waals surface area contributed by atoms with Crippen LogP contribution in [0.1, 0.15) is 18.4 Å². The van der Waals surface area contributed by atoms with Gasteiger partial charge in [-0.15, -0.1) is 21.5 Å². The van der Waals surface area contributed by atoms with Crippen molar-refractivity contribution < 1.29 is 0 Å². The highest BCUT2D eigenvalue weighted by Gasteiger charge is 2.10. The molecule has 1 N–H and O–H groups in total. The zero-order chi connectivity index (χ0) is 11.4. The molecule has 0 aliphatic carbocycles. The highest BCUT2D eigenvalue weighted by Crippen LogP contribution is 2.34. The number of thiophene rings is 1. The summed E-state index contributed by atoms with van der Waals surface area (Å²) in [4.78, 5) is 1.01. The highest BCUT2D eigenvalue weighted by atomic mass is 35.5. The lowest BCUT2D eigenvalue weighted by Crippen LogP contribution is -2.13. The van der Waals surface area contributed by atoms with Crippen molar-refractivity contribution in [3.63, 3.8) is 0 Å². The van der Waals surface area contributed by atoms with Gasteiger partial charge in [-0.1, -0.05) is 29.9 Å². The van der Waals surface area contributed by atoms with Gasteiger partial charge in [0.15, 0.2) is 5.01 Å². The number of nitrogens with zero attached hydrogens (tertiary/aromatic N) is 2. The first-order valence-electron chi connectivity index (χ1n) is 5.07. The van der Waals surface area contributed by atoms with Gasteiger partial charge >= 0.3 is 0 Å². The minimum absolute atomic E-state index is 0.759. The van der Waals surface area contributed by atoms with E-state index in [0.717, 1.165) is 39.4 Å². The van der Waals surface area contributed by atoms with Gasteiger partial charge in [0.05, 0.1) is 9.90 Å². The van der Waals surface area contributed by atoms with E-state index in [1.54, 1.807) is 22.7 Å².